The molecule has 0 radical (unpaired) electrons. The van der Waals surface area contributed by atoms with E-state index in [0.29, 0.717) is 30.7 Å². The number of hydrogen-bond acceptors (Lipinski definition) is 5. The fourth-order valence-electron chi connectivity index (χ4n) is 2.67. The van der Waals surface area contributed by atoms with E-state index in [4.69, 9.17) is 11.6 Å². The zero-order valence-corrected chi connectivity index (χ0v) is 17.0. The van der Waals surface area contributed by atoms with Crippen LogP contribution in [0.25, 0.3) is 22.2 Å². The Morgan fingerprint density at radius 3 is 2.55 bits per heavy atom. The molecule has 7 nitrogen and oxygen atoms in total. The molecule has 10 heteroatoms. The van der Waals surface area contributed by atoms with Crippen molar-refractivity contribution in [3.05, 3.63) is 75.2 Å². The number of anilines is 1. The second-order valence-corrected chi connectivity index (χ2v) is 9.06. The first kappa shape index (κ1) is 19.3. The lowest BCUT2D eigenvalue weighted by Gasteiger charge is -2.07. The highest BCUT2D eigenvalue weighted by atomic mass is 35.5. The van der Waals surface area contributed by atoms with Gasteiger partial charge in [-0.1, -0.05) is 35.9 Å². The number of halogens is 1. The van der Waals surface area contributed by atoms with Gasteiger partial charge < -0.3 is 5.32 Å². The summed E-state index contributed by atoms with van der Waals surface area (Å²) in [7, 11) is -1.70. The van der Waals surface area contributed by atoms with Gasteiger partial charge in [-0.25, -0.2) is 9.00 Å². The molecule has 0 aliphatic carbocycles. The van der Waals surface area contributed by atoms with Crippen molar-refractivity contribution in [2.24, 2.45) is 0 Å². The first-order valence-electron chi connectivity index (χ1n) is 8.34. The average Bonchev–Trinajstić information content (AvgIpc) is 3.16. The van der Waals surface area contributed by atoms with Gasteiger partial charge in [-0.05, 0) is 36.4 Å². The standard InChI is InChI=1S/C19H13ClN4O3S2/c20-15-9-10-16(28-15)29(27)24-19(26)21-12-7-5-11(6-8-12)17-18(25)13-3-1-2-4-14(13)22-23-17/h1-10H,(H,22,25)(H2,21,24,26). The van der Waals surface area contributed by atoms with Gasteiger partial charge >= 0.3 is 6.03 Å². The SMILES string of the molecule is O=C(Nc1ccc(-c2n[nH]c3ccccc3c2=O)cc1)NS(=O)c1ccc(Cl)s1. The Morgan fingerprint density at radius 1 is 1.07 bits per heavy atom. The van der Waals surface area contributed by atoms with Gasteiger partial charge in [0.2, 0.25) is 5.43 Å². The largest absolute Gasteiger partial charge is 0.331 e. The lowest BCUT2D eigenvalue weighted by atomic mass is 10.1. The van der Waals surface area contributed by atoms with Crippen LogP contribution in [0.3, 0.4) is 0 Å². The van der Waals surface area contributed by atoms with Crippen molar-refractivity contribution in [1.82, 2.24) is 14.9 Å². The van der Waals surface area contributed by atoms with Crippen molar-refractivity contribution >= 4 is 56.5 Å². The third-order valence-corrected chi connectivity index (χ3v) is 6.61. The number of aromatic nitrogens is 2. The van der Waals surface area contributed by atoms with Gasteiger partial charge in [0, 0.05) is 16.6 Å². The summed E-state index contributed by atoms with van der Waals surface area (Å²) in [4.78, 5) is 24.7. The fraction of sp³-hybridized carbons (Fsp3) is 0. The topological polar surface area (TPSA) is 104 Å². The lowest BCUT2D eigenvalue weighted by molar-refractivity contribution is 0.257. The van der Waals surface area contributed by atoms with Gasteiger partial charge in [-0.2, -0.15) is 5.10 Å². The van der Waals surface area contributed by atoms with E-state index in [9.17, 15) is 13.8 Å². The van der Waals surface area contributed by atoms with E-state index in [1.807, 2.05) is 6.07 Å². The van der Waals surface area contributed by atoms with Crippen LogP contribution in [-0.2, 0) is 11.0 Å². The summed E-state index contributed by atoms with van der Waals surface area (Å²) in [5.74, 6) is 0. The summed E-state index contributed by atoms with van der Waals surface area (Å²) < 4.78 is 15.4. The molecular formula is C19H13ClN4O3S2. The molecule has 2 heterocycles. The molecule has 4 aromatic rings. The molecule has 1 atom stereocenters. The third kappa shape index (κ3) is 4.21. The molecule has 146 valence electrons. The van der Waals surface area contributed by atoms with E-state index in [1.54, 1.807) is 54.6 Å². The Balaban J connectivity index is 1.48. The Bertz CT molecular complexity index is 1280. The van der Waals surface area contributed by atoms with E-state index in [-0.39, 0.29) is 11.1 Å². The quantitative estimate of drug-likeness (QED) is 0.439. The molecular weight excluding hydrogens is 432 g/mol. The van der Waals surface area contributed by atoms with Crippen LogP contribution in [0.5, 0.6) is 0 Å². The number of rotatable bonds is 4. The normalized spacial score (nSPS) is 11.9. The average molecular weight is 445 g/mol. The summed E-state index contributed by atoms with van der Waals surface area (Å²) >= 11 is 6.93. The molecule has 3 N–H and O–H groups in total. The number of benzene rings is 2. The molecule has 2 aromatic heterocycles. The van der Waals surface area contributed by atoms with Crippen LogP contribution in [0.1, 0.15) is 0 Å². The number of urea groups is 1. The minimum atomic E-state index is -1.70. The number of hydrogen-bond donors (Lipinski definition) is 3. The van der Waals surface area contributed by atoms with Gasteiger partial charge in [0.1, 0.15) is 9.90 Å². The minimum absolute atomic E-state index is 0.178. The van der Waals surface area contributed by atoms with Crippen LogP contribution in [0.4, 0.5) is 10.5 Å². The van der Waals surface area contributed by atoms with E-state index < -0.39 is 17.0 Å². The molecule has 0 bridgehead atoms. The number of aromatic amines is 1. The van der Waals surface area contributed by atoms with Gasteiger partial charge in [0.15, 0.2) is 11.0 Å². The van der Waals surface area contributed by atoms with Gasteiger partial charge in [0.25, 0.3) is 0 Å². The van der Waals surface area contributed by atoms with Crippen LogP contribution in [-0.4, -0.2) is 20.4 Å². The lowest BCUT2D eigenvalue weighted by Crippen LogP contribution is -2.30. The van der Waals surface area contributed by atoms with E-state index >= 15 is 0 Å². The Labute approximate surface area is 176 Å². The summed E-state index contributed by atoms with van der Waals surface area (Å²) in [6.07, 6.45) is 0. The molecule has 2 amide bonds. The molecule has 0 aliphatic rings. The third-order valence-electron chi connectivity index (χ3n) is 4.01. The highest BCUT2D eigenvalue weighted by molar-refractivity contribution is 7.86. The van der Waals surface area contributed by atoms with Gasteiger partial charge in [0.05, 0.1) is 9.85 Å². The number of H-pyrrole nitrogens is 1. The predicted octanol–water partition coefficient (Wildman–Crippen LogP) is 4.15. The number of fused-ring (bicyclic) bond motifs is 1. The first-order chi connectivity index (χ1) is 14.0. The first-order valence-corrected chi connectivity index (χ1v) is 10.7. The van der Waals surface area contributed by atoms with Crippen LogP contribution < -0.4 is 15.5 Å². The van der Waals surface area contributed by atoms with Crippen molar-refractivity contribution in [3.8, 4) is 11.3 Å². The van der Waals surface area contributed by atoms with Crippen molar-refractivity contribution < 1.29 is 9.00 Å². The maximum absolute atomic E-state index is 12.6. The summed E-state index contributed by atoms with van der Waals surface area (Å²) in [5.41, 5.74) is 1.86. The fourth-order valence-corrected chi connectivity index (χ4v) is 4.79. The number of nitrogens with one attached hydrogen (secondary N) is 3. The number of para-hydroxylation sites is 1. The Morgan fingerprint density at radius 2 is 1.83 bits per heavy atom. The van der Waals surface area contributed by atoms with Crippen LogP contribution in [0.15, 0.2) is 69.7 Å². The second-order valence-electron chi connectivity index (χ2n) is 5.91. The molecule has 0 saturated heterocycles. The summed E-state index contributed by atoms with van der Waals surface area (Å²) in [6.45, 7) is 0. The highest BCUT2D eigenvalue weighted by Gasteiger charge is 2.12. The molecule has 4 rings (SSSR count). The van der Waals surface area contributed by atoms with Crippen LogP contribution >= 0.6 is 22.9 Å². The zero-order chi connectivity index (χ0) is 20.4. The summed E-state index contributed by atoms with van der Waals surface area (Å²) in [5, 5.41) is 10.2. The van der Waals surface area contributed by atoms with E-state index in [1.165, 1.54) is 0 Å². The van der Waals surface area contributed by atoms with Crippen molar-refractivity contribution in [2.45, 2.75) is 4.21 Å². The molecule has 29 heavy (non-hydrogen) atoms. The molecule has 0 saturated carbocycles. The van der Waals surface area contributed by atoms with Crippen molar-refractivity contribution in [3.63, 3.8) is 0 Å². The van der Waals surface area contributed by atoms with E-state index in [0.717, 1.165) is 11.3 Å². The molecule has 2 aromatic carbocycles. The second kappa shape index (κ2) is 8.16. The number of carbonyl (C=O) groups is 1. The number of carbonyl (C=O) groups excluding carboxylic acids is 1. The minimum Gasteiger partial charge on any atom is -0.307 e. The smallest absolute Gasteiger partial charge is 0.307 e. The summed E-state index contributed by atoms with van der Waals surface area (Å²) in [6, 6.07) is 16.3. The van der Waals surface area contributed by atoms with Crippen LogP contribution in [0.2, 0.25) is 4.34 Å². The Hall–Kier alpha value is -3.01. The molecule has 0 spiro atoms. The van der Waals surface area contributed by atoms with Crippen molar-refractivity contribution in [2.75, 3.05) is 5.32 Å². The van der Waals surface area contributed by atoms with Crippen LogP contribution in [0, 0.1) is 0 Å². The molecule has 0 aliphatic heterocycles. The maximum atomic E-state index is 12.6. The van der Waals surface area contributed by atoms with E-state index in [2.05, 4.69) is 20.2 Å². The number of amides is 2. The van der Waals surface area contributed by atoms with Crippen molar-refractivity contribution in [1.29, 1.82) is 0 Å². The number of nitrogens with zero attached hydrogens (tertiary/aromatic N) is 1. The highest BCUT2D eigenvalue weighted by Crippen LogP contribution is 2.23. The maximum Gasteiger partial charge on any atom is 0.331 e. The predicted molar refractivity (Wildman–Crippen MR) is 116 cm³/mol. The number of thiophene rings is 1. The van der Waals surface area contributed by atoms with Gasteiger partial charge in [-0.3, -0.25) is 14.6 Å². The zero-order valence-electron chi connectivity index (χ0n) is 14.6. The molecule has 1 unspecified atom stereocenters. The monoisotopic (exact) mass is 444 g/mol. The van der Waals surface area contributed by atoms with Gasteiger partial charge in [-0.15, -0.1) is 11.3 Å². The Kier molecular flexibility index (Phi) is 5.43. The molecule has 0 fully saturated rings.